The normalized spacial score (nSPS) is 10.4. The van der Waals surface area contributed by atoms with Gasteiger partial charge in [0, 0.05) is 0 Å². The summed E-state index contributed by atoms with van der Waals surface area (Å²) in [4.78, 5) is 11.0. The number of aromatic nitrogens is 3. The molecule has 2 aromatic rings. The summed E-state index contributed by atoms with van der Waals surface area (Å²) in [5.41, 5.74) is -0.366. The maximum Gasteiger partial charge on any atom is 0.321 e. The van der Waals surface area contributed by atoms with Gasteiger partial charge in [0.05, 0.1) is 12.7 Å². The number of halogens is 3. The minimum absolute atomic E-state index is 0.109. The first-order chi connectivity index (χ1) is 8.11. The molecule has 0 saturated heterocycles. The third-order valence-corrected chi connectivity index (χ3v) is 2.13. The lowest BCUT2D eigenvalue weighted by Crippen LogP contribution is -2.00. The number of ether oxygens (including phenoxy) is 1. The van der Waals surface area contributed by atoms with Crippen LogP contribution in [0.15, 0.2) is 18.2 Å². The summed E-state index contributed by atoms with van der Waals surface area (Å²) in [5, 5.41) is -0.200. The molecule has 0 aliphatic heterocycles. The molecule has 0 aliphatic rings. The molecular weight excluding hydrogens is 252 g/mol. The van der Waals surface area contributed by atoms with E-state index in [1.54, 1.807) is 0 Å². The van der Waals surface area contributed by atoms with Crippen molar-refractivity contribution in [2.75, 3.05) is 7.11 Å². The van der Waals surface area contributed by atoms with Gasteiger partial charge in [0.25, 0.3) is 0 Å². The lowest BCUT2D eigenvalue weighted by molar-refractivity contribution is 0.378. The van der Waals surface area contributed by atoms with Crippen molar-refractivity contribution in [1.29, 1.82) is 0 Å². The molecule has 0 N–H and O–H groups in total. The van der Waals surface area contributed by atoms with Crippen molar-refractivity contribution in [3.8, 4) is 17.4 Å². The summed E-state index contributed by atoms with van der Waals surface area (Å²) in [5.74, 6) is -1.78. The summed E-state index contributed by atoms with van der Waals surface area (Å²) in [7, 11) is 1.31. The second-order valence-electron chi connectivity index (χ2n) is 3.01. The SMILES string of the molecule is COc1nc(Cl)nc(-c2c(F)cccc2F)n1. The Bertz CT molecular complexity index is 545. The highest BCUT2D eigenvalue weighted by atomic mass is 35.5. The molecule has 4 nitrogen and oxygen atoms in total. The van der Waals surface area contributed by atoms with E-state index in [1.165, 1.54) is 13.2 Å². The predicted molar refractivity (Wildman–Crippen MR) is 56.7 cm³/mol. The van der Waals surface area contributed by atoms with Crippen LogP contribution in [0.1, 0.15) is 0 Å². The maximum absolute atomic E-state index is 13.5. The summed E-state index contributed by atoms with van der Waals surface area (Å²) < 4.78 is 31.7. The van der Waals surface area contributed by atoms with Crippen LogP contribution in [-0.4, -0.2) is 22.1 Å². The summed E-state index contributed by atoms with van der Waals surface area (Å²) >= 11 is 5.60. The average molecular weight is 258 g/mol. The number of rotatable bonds is 2. The van der Waals surface area contributed by atoms with E-state index in [0.717, 1.165) is 12.1 Å². The third kappa shape index (κ3) is 2.31. The fourth-order valence-corrected chi connectivity index (χ4v) is 1.40. The summed E-state index contributed by atoms with van der Waals surface area (Å²) in [6.07, 6.45) is 0. The molecule has 0 atom stereocenters. The number of methoxy groups -OCH3 is 1. The van der Waals surface area contributed by atoms with Crippen LogP contribution in [-0.2, 0) is 0 Å². The Morgan fingerprint density at radius 1 is 1.12 bits per heavy atom. The Balaban J connectivity index is 2.64. The molecule has 0 unspecified atom stereocenters. The first-order valence-electron chi connectivity index (χ1n) is 4.51. The van der Waals surface area contributed by atoms with Crippen LogP contribution in [0.2, 0.25) is 5.28 Å². The van der Waals surface area contributed by atoms with Gasteiger partial charge in [-0.25, -0.2) is 8.78 Å². The number of hydrogen-bond donors (Lipinski definition) is 0. The van der Waals surface area contributed by atoms with Crippen LogP contribution in [0.5, 0.6) is 6.01 Å². The molecular formula is C10H6ClF2N3O. The van der Waals surface area contributed by atoms with Crippen molar-refractivity contribution >= 4 is 11.6 Å². The molecule has 0 fully saturated rings. The minimum atomic E-state index is -0.783. The van der Waals surface area contributed by atoms with Crippen molar-refractivity contribution < 1.29 is 13.5 Å². The van der Waals surface area contributed by atoms with Crippen LogP contribution in [0.25, 0.3) is 11.4 Å². The van der Waals surface area contributed by atoms with Crippen LogP contribution < -0.4 is 4.74 Å². The Hall–Kier alpha value is -1.82. The first kappa shape index (κ1) is 11.7. The molecule has 0 amide bonds. The van der Waals surface area contributed by atoms with Gasteiger partial charge >= 0.3 is 6.01 Å². The molecule has 1 aromatic heterocycles. The largest absolute Gasteiger partial charge is 0.467 e. The molecule has 88 valence electrons. The highest BCUT2D eigenvalue weighted by Gasteiger charge is 2.16. The second kappa shape index (κ2) is 4.58. The summed E-state index contributed by atoms with van der Waals surface area (Å²) in [6, 6.07) is 3.34. The zero-order chi connectivity index (χ0) is 12.4. The van der Waals surface area contributed by atoms with E-state index in [4.69, 9.17) is 16.3 Å². The first-order valence-corrected chi connectivity index (χ1v) is 4.89. The Morgan fingerprint density at radius 2 is 1.76 bits per heavy atom. The van der Waals surface area contributed by atoms with Crippen LogP contribution >= 0.6 is 11.6 Å². The molecule has 0 radical (unpaired) electrons. The van der Waals surface area contributed by atoms with E-state index in [-0.39, 0.29) is 22.7 Å². The highest BCUT2D eigenvalue weighted by molar-refractivity contribution is 6.28. The smallest absolute Gasteiger partial charge is 0.321 e. The molecule has 0 saturated carbocycles. The van der Waals surface area contributed by atoms with E-state index in [0.29, 0.717) is 0 Å². The lowest BCUT2D eigenvalue weighted by atomic mass is 10.2. The maximum atomic E-state index is 13.5. The van der Waals surface area contributed by atoms with Gasteiger partial charge in [-0.1, -0.05) is 6.07 Å². The van der Waals surface area contributed by atoms with Crippen LogP contribution in [0, 0.1) is 11.6 Å². The Morgan fingerprint density at radius 3 is 2.35 bits per heavy atom. The molecule has 7 heteroatoms. The van der Waals surface area contributed by atoms with Gasteiger partial charge in [-0.05, 0) is 23.7 Å². The fourth-order valence-electron chi connectivity index (χ4n) is 1.25. The van der Waals surface area contributed by atoms with E-state index >= 15 is 0 Å². The molecule has 0 aliphatic carbocycles. The number of hydrogen-bond acceptors (Lipinski definition) is 4. The van der Waals surface area contributed by atoms with Crippen LogP contribution in [0.4, 0.5) is 8.78 Å². The lowest BCUT2D eigenvalue weighted by Gasteiger charge is -2.05. The van der Waals surface area contributed by atoms with Gasteiger partial charge in [-0.15, -0.1) is 0 Å². The van der Waals surface area contributed by atoms with Crippen molar-refractivity contribution in [2.24, 2.45) is 0 Å². The van der Waals surface area contributed by atoms with E-state index in [1.807, 2.05) is 0 Å². The average Bonchev–Trinajstić information content (AvgIpc) is 2.28. The van der Waals surface area contributed by atoms with Crippen molar-refractivity contribution in [3.05, 3.63) is 35.1 Å². The molecule has 17 heavy (non-hydrogen) atoms. The van der Waals surface area contributed by atoms with Crippen molar-refractivity contribution in [2.45, 2.75) is 0 Å². The molecule has 0 bridgehead atoms. The van der Waals surface area contributed by atoms with E-state index < -0.39 is 11.6 Å². The fraction of sp³-hybridized carbons (Fsp3) is 0.100. The molecule has 2 rings (SSSR count). The van der Waals surface area contributed by atoms with Gasteiger partial charge in [-0.2, -0.15) is 15.0 Å². The van der Waals surface area contributed by atoms with Gasteiger partial charge in [0.2, 0.25) is 5.28 Å². The van der Waals surface area contributed by atoms with E-state index in [2.05, 4.69) is 15.0 Å². The Labute approximate surface area is 100 Å². The van der Waals surface area contributed by atoms with Gasteiger partial charge in [0.15, 0.2) is 5.82 Å². The predicted octanol–water partition coefficient (Wildman–Crippen LogP) is 2.48. The Kier molecular flexibility index (Phi) is 3.14. The number of nitrogens with zero attached hydrogens (tertiary/aromatic N) is 3. The molecule has 0 spiro atoms. The topological polar surface area (TPSA) is 47.9 Å². The second-order valence-corrected chi connectivity index (χ2v) is 3.35. The monoisotopic (exact) mass is 257 g/mol. The van der Waals surface area contributed by atoms with Gasteiger partial charge < -0.3 is 4.74 Å². The third-order valence-electron chi connectivity index (χ3n) is 1.96. The minimum Gasteiger partial charge on any atom is -0.467 e. The molecule has 1 heterocycles. The number of benzene rings is 1. The van der Waals surface area contributed by atoms with Gasteiger partial charge in [-0.3, -0.25) is 0 Å². The van der Waals surface area contributed by atoms with E-state index in [9.17, 15) is 8.78 Å². The van der Waals surface area contributed by atoms with Crippen molar-refractivity contribution in [1.82, 2.24) is 15.0 Å². The highest BCUT2D eigenvalue weighted by Crippen LogP contribution is 2.24. The van der Waals surface area contributed by atoms with Crippen molar-refractivity contribution in [3.63, 3.8) is 0 Å². The zero-order valence-electron chi connectivity index (χ0n) is 8.62. The standard InChI is InChI=1S/C10H6ClF2N3O/c1-17-10-15-8(14-9(11)16-10)7-5(12)3-2-4-6(7)13/h2-4H,1H3. The summed E-state index contributed by atoms with van der Waals surface area (Å²) in [6.45, 7) is 0. The zero-order valence-corrected chi connectivity index (χ0v) is 9.37. The van der Waals surface area contributed by atoms with Gasteiger partial charge in [0.1, 0.15) is 11.6 Å². The quantitative estimate of drug-likeness (QED) is 0.829. The van der Waals surface area contributed by atoms with Crippen LogP contribution in [0.3, 0.4) is 0 Å². The molecule has 1 aromatic carbocycles.